The number of benzene rings is 1. The van der Waals surface area contributed by atoms with Crippen LogP contribution < -0.4 is 10.6 Å². The second-order valence-electron chi connectivity index (χ2n) is 6.70. The molecule has 2 amide bonds. The van der Waals surface area contributed by atoms with Gasteiger partial charge in [0.05, 0.1) is 0 Å². The second kappa shape index (κ2) is 5.92. The maximum absolute atomic E-state index is 12.2. The Kier molecular flexibility index (Phi) is 3.93. The van der Waals surface area contributed by atoms with Crippen LogP contribution in [0.1, 0.15) is 31.9 Å². The Morgan fingerprint density at radius 3 is 2.67 bits per heavy atom. The van der Waals surface area contributed by atoms with Crippen molar-refractivity contribution in [2.45, 2.75) is 20.8 Å². The monoisotopic (exact) mass is 321 g/mol. The quantitative estimate of drug-likeness (QED) is 0.831. The minimum atomic E-state index is -0.529. The number of nitrogens with zero attached hydrogens (tertiary/aromatic N) is 1. The molecule has 0 fully saturated rings. The van der Waals surface area contributed by atoms with E-state index in [1.54, 1.807) is 18.3 Å². The minimum Gasteiger partial charge on any atom is -0.321 e. The standard InChI is InChI=1S/C19H19N3O2/c1-19(2,3)18(24)22-16-12(7-6-10-20-16)11-14-13-8-4-5-9-15(13)21-17(14)23/h4-11H,1-3H3,(H,21,23)(H,20,22,24). The molecule has 1 aliphatic heterocycles. The van der Waals surface area contributed by atoms with Gasteiger partial charge >= 0.3 is 0 Å². The third-order valence-electron chi connectivity index (χ3n) is 3.76. The van der Waals surface area contributed by atoms with Gasteiger partial charge in [0.1, 0.15) is 5.82 Å². The number of carbonyl (C=O) groups excluding carboxylic acids is 2. The molecule has 2 N–H and O–H groups in total. The molecule has 1 aromatic carbocycles. The first-order valence-corrected chi connectivity index (χ1v) is 7.75. The number of fused-ring (bicyclic) bond motifs is 1. The molecule has 0 spiro atoms. The maximum Gasteiger partial charge on any atom is 0.256 e. The molecule has 0 atom stereocenters. The van der Waals surface area contributed by atoms with Crippen molar-refractivity contribution in [2.24, 2.45) is 5.41 Å². The summed E-state index contributed by atoms with van der Waals surface area (Å²) in [6.07, 6.45) is 3.37. The fourth-order valence-corrected chi connectivity index (χ4v) is 2.37. The van der Waals surface area contributed by atoms with E-state index in [0.29, 0.717) is 17.0 Å². The average Bonchev–Trinajstić information content (AvgIpc) is 2.84. The topological polar surface area (TPSA) is 71.1 Å². The number of hydrogen-bond donors (Lipinski definition) is 2. The predicted molar refractivity (Wildman–Crippen MR) is 95.3 cm³/mol. The lowest BCUT2D eigenvalue weighted by Crippen LogP contribution is -2.28. The van der Waals surface area contributed by atoms with Gasteiger partial charge < -0.3 is 10.6 Å². The fourth-order valence-electron chi connectivity index (χ4n) is 2.37. The van der Waals surface area contributed by atoms with Gasteiger partial charge in [-0.2, -0.15) is 0 Å². The summed E-state index contributed by atoms with van der Waals surface area (Å²) in [7, 11) is 0. The number of pyridine rings is 1. The molecule has 1 aliphatic rings. The van der Waals surface area contributed by atoms with Gasteiger partial charge in [0.2, 0.25) is 5.91 Å². The lowest BCUT2D eigenvalue weighted by Gasteiger charge is -2.18. The van der Waals surface area contributed by atoms with Crippen LogP contribution in [0.2, 0.25) is 0 Å². The number of nitrogens with one attached hydrogen (secondary N) is 2. The van der Waals surface area contributed by atoms with Gasteiger partial charge in [0.25, 0.3) is 5.91 Å². The third kappa shape index (κ3) is 3.06. The number of anilines is 2. The van der Waals surface area contributed by atoms with Crippen molar-refractivity contribution < 1.29 is 9.59 Å². The van der Waals surface area contributed by atoms with Crippen molar-refractivity contribution in [1.82, 2.24) is 4.98 Å². The molecule has 5 heteroatoms. The van der Waals surface area contributed by atoms with Crippen LogP contribution in [0.4, 0.5) is 11.5 Å². The SMILES string of the molecule is CC(C)(C)C(=O)Nc1ncccc1C=C1C(=O)Nc2ccccc21. The van der Waals surface area contributed by atoms with Crippen molar-refractivity contribution in [1.29, 1.82) is 0 Å². The van der Waals surface area contributed by atoms with Crippen LogP contribution in [-0.2, 0) is 9.59 Å². The van der Waals surface area contributed by atoms with Gasteiger partial charge in [-0.05, 0) is 24.3 Å². The van der Waals surface area contributed by atoms with Crippen molar-refractivity contribution >= 4 is 35.0 Å². The number of para-hydroxylation sites is 1. The summed E-state index contributed by atoms with van der Waals surface area (Å²) in [6.45, 7) is 5.51. The first-order chi connectivity index (χ1) is 11.4. The lowest BCUT2D eigenvalue weighted by molar-refractivity contribution is -0.123. The summed E-state index contributed by atoms with van der Waals surface area (Å²) in [5.41, 5.74) is 2.36. The Morgan fingerprint density at radius 2 is 1.92 bits per heavy atom. The van der Waals surface area contributed by atoms with Crippen LogP contribution in [0, 0.1) is 5.41 Å². The summed E-state index contributed by atoms with van der Waals surface area (Å²) < 4.78 is 0. The zero-order valence-corrected chi connectivity index (χ0v) is 13.9. The number of amides is 2. The smallest absolute Gasteiger partial charge is 0.256 e. The van der Waals surface area contributed by atoms with Crippen LogP contribution in [0.5, 0.6) is 0 Å². The van der Waals surface area contributed by atoms with Gasteiger partial charge in [0.15, 0.2) is 0 Å². The van der Waals surface area contributed by atoms with Crippen molar-refractivity contribution in [3.05, 3.63) is 53.7 Å². The second-order valence-corrected chi connectivity index (χ2v) is 6.70. The number of hydrogen-bond acceptors (Lipinski definition) is 3. The fraction of sp³-hybridized carbons (Fsp3) is 0.211. The van der Waals surface area contributed by atoms with E-state index < -0.39 is 5.41 Å². The molecular weight excluding hydrogens is 302 g/mol. The van der Waals surface area contributed by atoms with Crippen LogP contribution in [0.3, 0.4) is 0 Å². The summed E-state index contributed by atoms with van der Waals surface area (Å²) >= 11 is 0. The van der Waals surface area contributed by atoms with Gasteiger partial charge in [-0.25, -0.2) is 4.98 Å². The van der Waals surface area contributed by atoms with E-state index in [0.717, 1.165) is 11.3 Å². The average molecular weight is 321 g/mol. The molecule has 5 nitrogen and oxygen atoms in total. The molecule has 0 aliphatic carbocycles. The molecule has 0 saturated heterocycles. The van der Waals surface area contributed by atoms with Crippen molar-refractivity contribution in [2.75, 3.05) is 10.6 Å². The Bertz CT molecular complexity index is 848. The van der Waals surface area contributed by atoms with E-state index in [4.69, 9.17) is 0 Å². The molecule has 0 saturated carbocycles. The zero-order valence-electron chi connectivity index (χ0n) is 13.9. The van der Waals surface area contributed by atoms with E-state index in [2.05, 4.69) is 15.6 Å². The predicted octanol–water partition coefficient (Wildman–Crippen LogP) is 3.56. The van der Waals surface area contributed by atoms with E-state index in [9.17, 15) is 9.59 Å². The van der Waals surface area contributed by atoms with E-state index in [-0.39, 0.29) is 11.8 Å². The Balaban J connectivity index is 2.00. The Hall–Kier alpha value is -2.95. The summed E-state index contributed by atoms with van der Waals surface area (Å²) in [6, 6.07) is 11.1. The highest BCUT2D eigenvalue weighted by atomic mass is 16.2. The normalized spacial score (nSPS) is 15.1. The van der Waals surface area contributed by atoms with Gasteiger partial charge in [-0.1, -0.05) is 39.0 Å². The van der Waals surface area contributed by atoms with Gasteiger partial charge in [-0.3, -0.25) is 9.59 Å². The highest BCUT2D eigenvalue weighted by Gasteiger charge is 2.25. The molecule has 2 heterocycles. The van der Waals surface area contributed by atoms with Crippen LogP contribution >= 0.6 is 0 Å². The molecule has 0 unspecified atom stereocenters. The summed E-state index contributed by atoms with van der Waals surface area (Å²) in [4.78, 5) is 28.7. The van der Waals surface area contributed by atoms with Gasteiger partial charge in [0, 0.05) is 34.0 Å². The molecule has 24 heavy (non-hydrogen) atoms. The molecule has 122 valence electrons. The molecule has 1 aromatic heterocycles. The Morgan fingerprint density at radius 1 is 1.17 bits per heavy atom. The van der Waals surface area contributed by atoms with Crippen molar-refractivity contribution in [3.8, 4) is 0 Å². The molecule has 3 rings (SSSR count). The van der Waals surface area contributed by atoms with Crippen LogP contribution in [-0.4, -0.2) is 16.8 Å². The number of carbonyl (C=O) groups is 2. The third-order valence-corrected chi connectivity index (χ3v) is 3.76. The Labute approximate surface area is 140 Å². The highest BCUT2D eigenvalue weighted by Crippen LogP contribution is 2.33. The van der Waals surface area contributed by atoms with E-state index >= 15 is 0 Å². The first kappa shape index (κ1) is 15.9. The van der Waals surface area contributed by atoms with Crippen LogP contribution in [0.15, 0.2) is 42.6 Å². The highest BCUT2D eigenvalue weighted by molar-refractivity contribution is 6.35. The lowest BCUT2D eigenvalue weighted by atomic mass is 9.95. The molecule has 0 bridgehead atoms. The summed E-state index contributed by atoms with van der Waals surface area (Å²) in [5, 5.41) is 5.67. The van der Waals surface area contributed by atoms with Crippen LogP contribution in [0.25, 0.3) is 11.6 Å². The molecular formula is C19H19N3O2. The largest absolute Gasteiger partial charge is 0.321 e. The van der Waals surface area contributed by atoms with E-state index in [1.807, 2.05) is 51.1 Å². The maximum atomic E-state index is 12.2. The van der Waals surface area contributed by atoms with Gasteiger partial charge in [-0.15, -0.1) is 0 Å². The first-order valence-electron chi connectivity index (χ1n) is 7.75. The van der Waals surface area contributed by atoms with E-state index in [1.165, 1.54) is 0 Å². The molecule has 0 radical (unpaired) electrons. The summed E-state index contributed by atoms with van der Waals surface area (Å²) in [5.74, 6) is 0.160. The number of aromatic nitrogens is 1. The minimum absolute atomic E-state index is 0.128. The van der Waals surface area contributed by atoms with Crippen molar-refractivity contribution in [3.63, 3.8) is 0 Å². The number of rotatable bonds is 2. The molecule has 2 aromatic rings. The zero-order chi connectivity index (χ0) is 17.3.